The Hall–Kier alpha value is -1.74. The van der Waals surface area contributed by atoms with Crippen molar-refractivity contribution in [3.63, 3.8) is 0 Å². The van der Waals surface area contributed by atoms with Gasteiger partial charge in [-0.2, -0.15) is 0 Å². The van der Waals surface area contributed by atoms with Crippen LogP contribution in [0, 0.1) is 20.3 Å². The fourth-order valence-electron chi connectivity index (χ4n) is 4.08. The van der Waals surface area contributed by atoms with Crippen LogP contribution in [0.2, 0.25) is 0 Å². The zero-order valence-corrected chi connectivity index (χ0v) is 31.1. The predicted octanol–water partition coefficient (Wildman–Crippen LogP) is 9.77. The Morgan fingerprint density at radius 3 is 1.46 bits per heavy atom. The summed E-state index contributed by atoms with van der Waals surface area (Å²) in [5.41, 5.74) is 5.95. The molecule has 0 aliphatic heterocycles. The molecule has 2 atom stereocenters. The Bertz CT molecular complexity index is 1120. The molecule has 0 saturated carbocycles. The van der Waals surface area contributed by atoms with E-state index in [0.717, 1.165) is 47.1 Å². The van der Waals surface area contributed by atoms with Gasteiger partial charge in [-0.1, -0.05) is 81.4 Å². The van der Waals surface area contributed by atoms with Crippen molar-refractivity contribution in [2.75, 3.05) is 0 Å². The molecule has 0 aliphatic carbocycles. The largest absolute Gasteiger partial charge is 0.507 e. The third-order valence-corrected chi connectivity index (χ3v) is 6.86. The first-order chi connectivity index (χ1) is 17.9. The van der Waals surface area contributed by atoms with Gasteiger partial charge >= 0.3 is 0 Å². The Kier molecular flexibility index (Phi) is 18.2. The van der Waals surface area contributed by atoms with Crippen LogP contribution in [0.5, 0.6) is 11.5 Å². The SMILES string of the molecule is CCC(C)N=Cc1cc(C)cc(C(C)(C)C)c1O.CCC(C)N=Cc1cc(CC(C)C)cc(C(C)(C)C)c1O.[CH3-].[Zr]. The molecule has 230 valence electrons. The molecule has 0 aliphatic rings. The van der Waals surface area contributed by atoms with Gasteiger partial charge in [0.1, 0.15) is 11.5 Å². The first-order valence-corrected chi connectivity index (χ1v) is 14.7. The predicted molar refractivity (Wildman–Crippen MR) is 178 cm³/mol. The maximum absolute atomic E-state index is 10.6. The molecular formula is C36H59N2O2Zr-. The minimum Gasteiger partial charge on any atom is -0.507 e. The van der Waals surface area contributed by atoms with Gasteiger partial charge in [0.15, 0.2) is 0 Å². The number of hydrogen-bond donors (Lipinski definition) is 2. The third kappa shape index (κ3) is 13.9. The Morgan fingerprint density at radius 2 is 1.10 bits per heavy atom. The molecule has 41 heavy (non-hydrogen) atoms. The van der Waals surface area contributed by atoms with Crippen LogP contribution < -0.4 is 0 Å². The molecule has 0 spiro atoms. The maximum Gasteiger partial charge on any atom is 0.128 e. The molecule has 2 aromatic carbocycles. The molecule has 2 aromatic rings. The van der Waals surface area contributed by atoms with E-state index >= 15 is 0 Å². The zero-order chi connectivity index (χ0) is 30.1. The van der Waals surface area contributed by atoms with Crippen molar-refractivity contribution >= 4 is 12.4 Å². The van der Waals surface area contributed by atoms with Crippen molar-refractivity contribution in [2.24, 2.45) is 15.9 Å². The van der Waals surface area contributed by atoms with Gasteiger partial charge in [-0.15, -0.1) is 0 Å². The Balaban J connectivity index is 0. The number of aromatic hydroxyl groups is 2. The van der Waals surface area contributed by atoms with E-state index in [1.165, 1.54) is 5.56 Å². The van der Waals surface area contributed by atoms with E-state index in [2.05, 4.69) is 118 Å². The van der Waals surface area contributed by atoms with E-state index in [4.69, 9.17) is 0 Å². The van der Waals surface area contributed by atoms with Gasteiger partial charge in [-0.3, -0.25) is 9.98 Å². The quantitative estimate of drug-likeness (QED) is 0.222. The van der Waals surface area contributed by atoms with Gasteiger partial charge in [0.05, 0.1) is 0 Å². The molecule has 4 nitrogen and oxygen atoms in total. The van der Waals surface area contributed by atoms with Crippen LogP contribution in [0.3, 0.4) is 0 Å². The van der Waals surface area contributed by atoms with Crippen molar-refractivity contribution in [3.05, 3.63) is 65.1 Å². The molecule has 5 heteroatoms. The van der Waals surface area contributed by atoms with E-state index in [1.54, 1.807) is 6.21 Å². The second-order valence-electron chi connectivity index (χ2n) is 13.5. The summed E-state index contributed by atoms with van der Waals surface area (Å²) in [4.78, 5) is 8.99. The molecule has 0 aromatic heterocycles. The number of benzene rings is 2. The molecule has 0 saturated heterocycles. The molecule has 0 heterocycles. The molecular weight excluding hydrogens is 584 g/mol. The fraction of sp³-hybridized carbons (Fsp3) is 0.583. The number of hydrogen-bond acceptors (Lipinski definition) is 4. The Morgan fingerprint density at radius 1 is 0.707 bits per heavy atom. The maximum atomic E-state index is 10.6. The van der Waals surface area contributed by atoms with E-state index in [0.29, 0.717) is 23.5 Å². The van der Waals surface area contributed by atoms with Crippen molar-refractivity contribution in [1.82, 2.24) is 0 Å². The summed E-state index contributed by atoms with van der Waals surface area (Å²) < 4.78 is 0. The van der Waals surface area contributed by atoms with Gasteiger partial charge in [-0.25, -0.2) is 0 Å². The van der Waals surface area contributed by atoms with Gasteiger partial charge in [0, 0.05) is 73.0 Å². The molecule has 0 radical (unpaired) electrons. The van der Waals surface area contributed by atoms with Gasteiger partial charge in [0.25, 0.3) is 0 Å². The van der Waals surface area contributed by atoms with Crippen molar-refractivity contribution in [3.8, 4) is 11.5 Å². The van der Waals surface area contributed by atoms with Crippen LogP contribution >= 0.6 is 0 Å². The number of phenolic OH excluding ortho intramolecular Hbond substituents is 2. The summed E-state index contributed by atoms with van der Waals surface area (Å²) in [5.74, 6) is 1.34. The fourth-order valence-corrected chi connectivity index (χ4v) is 4.08. The standard InChI is InChI=1S/C19H31NO.C16H25NO.CH3.Zr/c1-8-14(4)20-12-16-10-15(9-13(2)3)11-17(18(16)21)19(5,6)7;1-7-12(3)17-10-13-8-11(2)9-14(15(13)18)16(4,5)6;;/h10-14,21H,8-9H2,1-7H3;8-10,12,18H,7H2,1-6H3;1H3;/q;;-1;. The van der Waals surface area contributed by atoms with E-state index in [-0.39, 0.29) is 50.5 Å². The smallest absolute Gasteiger partial charge is 0.128 e. The average Bonchev–Trinajstić information content (AvgIpc) is 2.82. The summed E-state index contributed by atoms with van der Waals surface area (Å²) in [7, 11) is 0. The second-order valence-corrected chi connectivity index (χ2v) is 13.5. The van der Waals surface area contributed by atoms with Gasteiger partial charge in [-0.05, 0) is 80.0 Å². The molecule has 2 N–H and O–H groups in total. The molecule has 2 unspecified atom stereocenters. The van der Waals surface area contributed by atoms with Crippen LogP contribution in [-0.2, 0) is 43.5 Å². The summed E-state index contributed by atoms with van der Waals surface area (Å²) in [6.07, 6.45) is 6.67. The number of rotatable bonds is 8. The summed E-state index contributed by atoms with van der Waals surface area (Å²) in [6.45, 7) is 27.6. The minimum atomic E-state index is -0.0734. The van der Waals surface area contributed by atoms with Crippen LogP contribution in [0.25, 0.3) is 0 Å². The van der Waals surface area contributed by atoms with E-state index in [1.807, 2.05) is 12.3 Å². The topological polar surface area (TPSA) is 65.2 Å². The Labute approximate surface area is 272 Å². The summed E-state index contributed by atoms with van der Waals surface area (Å²) in [6, 6.07) is 8.85. The first kappa shape index (κ1) is 41.4. The number of aliphatic imine (C=N–C) groups is 2. The molecule has 0 amide bonds. The van der Waals surface area contributed by atoms with Crippen LogP contribution in [-0.4, -0.2) is 34.7 Å². The molecule has 0 fully saturated rings. The average molecular weight is 643 g/mol. The second kappa shape index (κ2) is 18.0. The summed E-state index contributed by atoms with van der Waals surface area (Å²) in [5, 5.41) is 20.9. The van der Waals surface area contributed by atoms with Crippen LogP contribution in [0.4, 0.5) is 0 Å². The normalized spacial score (nSPS) is 13.4. The molecule has 2 rings (SSSR count). The van der Waals surface area contributed by atoms with Crippen molar-refractivity contribution in [1.29, 1.82) is 0 Å². The number of phenols is 2. The molecule has 0 bridgehead atoms. The van der Waals surface area contributed by atoms with Gasteiger partial charge < -0.3 is 17.6 Å². The third-order valence-electron chi connectivity index (χ3n) is 6.86. The summed E-state index contributed by atoms with van der Waals surface area (Å²) >= 11 is 0. The minimum absolute atomic E-state index is 0. The van der Waals surface area contributed by atoms with E-state index < -0.39 is 0 Å². The van der Waals surface area contributed by atoms with Crippen LogP contribution in [0.1, 0.15) is 129 Å². The number of aryl methyl sites for hydroxylation is 1. The zero-order valence-electron chi connectivity index (χ0n) is 28.6. The van der Waals surface area contributed by atoms with Crippen molar-refractivity contribution in [2.45, 2.75) is 132 Å². The van der Waals surface area contributed by atoms with E-state index in [9.17, 15) is 10.2 Å². The number of nitrogens with zero attached hydrogens (tertiary/aromatic N) is 2. The monoisotopic (exact) mass is 641 g/mol. The first-order valence-electron chi connectivity index (χ1n) is 14.7. The van der Waals surface area contributed by atoms with Crippen LogP contribution in [0.15, 0.2) is 34.3 Å². The van der Waals surface area contributed by atoms with Gasteiger partial charge in [0.2, 0.25) is 0 Å². The van der Waals surface area contributed by atoms with Crippen molar-refractivity contribution < 1.29 is 36.4 Å².